The Balaban J connectivity index is 1.69. The third-order valence-electron chi connectivity index (χ3n) is 5.36. The van der Waals surface area contributed by atoms with Crippen LogP contribution in [-0.2, 0) is 12.8 Å². The van der Waals surface area contributed by atoms with Crippen molar-refractivity contribution in [3.8, 4) is 0 Å². The summed E-state index contributed by atoms with van der Waals surface area (Å²) in [7, 11) is 0. The van der Waals surface area contributed by atoms with Gasteiger partial charge >= 0.3 is 0 Å². The van der Waals surface area contributed by atoms with Gasteiger partial charge in [0.1, 0.15) is 9.71 Å². The summed E-state index contributed by atoms with van der Waals surface area (Å²) in [5.74, 6) is 0.564. The Morgan fingerprint density at radius 1 is 1.38 bits per heavy atom. The second kappa shape index (κ2) is 6.72. The summed E-state index contributed by atoms with van der Waals surface area (Å²) in [6.07, 6.45) is 4.48. The second-order valence-electron chi connectivity index (χ2n) is 7.08. The van der Waals surface area contributed by atoms with Gasteiger partial charge in [-0.3, -0.25) is 4.79 Å². The lowest BCUT2D eigenvalue weighted by Crippen LogP contribution is -2.14. The first-order valence-corrected chi connectivity index (χ1v) is 9.96. The lowest BCUT2D eigenvalue weighted by molar-refractivity contribution is 0.103. The molecule has 1 unspecified atom stereocenters. The number of anilines is 2. The summed E-state index contributed by atoms with van der Waals surface area (Å²) < 4.78 is 0. The fourth-order valence-corrected chi connectivity index (χ4v) is 4.67. The third kappa shape index (κ3) is 2.97. The molecule has 0 saturated carbocycles. The topological polar surface area (TPSA) is 68.0 Å². The van der Waals surface area contributed by atoms with Gasteiger partial charge in [-0.05, 0) is 55.4 Å². The van der Waals surface area contributed by atoms with Crippen LogP contribution in [0.4, 0.5) is 11.4 Å². The fraction of sp³-hybridized carbons (Fsp3) is 0.333. The SMILES string of the molecule is CCC1CCc2nc3sc(C(=O)Nc4ccccc4C)c(N)c3cc2C1. The first-order chi connectivity index (χ1) is 12.6. The number of nitrogens with two attached hydrogens (primary N) is 1. The average Bonchev–Trinajstić information content (AvgIpc) is 2.97. The summed E-state index contributed by atoms with van der Waals surface area (Å²) in [6, 6.07) is 9.91. The first-order valence-electron chi connectivity index (χ1n) is 9.14. The van der Waals surface area contributed by atoms with E-state index in [1.54, 1.807) is 0 Å². The van der Waals surface area contributed by atoms with Crippen LogP contribution in [-0.4, -0.2) is 10.9 Å². The lowest BCUT2D eigenvalue weighted by Gasteiger charge is -2.22. The van der Waals surface area contributed by atoms with Crippen LogP contribution in [0.5, 0.6) is 0 Å². The zero-order valence-electron chi connectivity index (χ0n) is 15.1. The van der Waals surface area contributed by atoms with Crippen LogP contribution in [0.1, 0.15) is 46.3 Å². The van der Waals surface area contributed by atoms with Crippen LogP contribution in [0.3, 0.4) is 0 Å². The largest absolute Gasteiger partial charge is 0.397 e. The minimum Gasteiger partial charge on any atom is -0.397 e. The molecule has 134 valence electrons. The van der Waals surface area contributed by atoms with Gasteiger partial charge < -0.3 is 11.1 Å². The highest BCUT2D eigenvalue weighted by Gasteiger charge is 2.23. The van der Waals surface area contributed by atoms with E-state index in [0.717, 1.165) is 40.2 Å². The zero-order chi connectivity index (χ0) is 18.3. The molecule has 1 amide bonds. The molecule has 4 rings (SSSR count). The molecule has 4 nitrogen and oxygen atoms in total. The predicted molar refractivity (Wildman–Crippen MR) is 109 cm³/mol. The van der Waals surface area contributed by atoms with Gasteiger partial charge in [0.25, 0.3) is 5.91 Å². The van der Waals surface area contributed by atoms with Gasteiger partial charge in [0, 0.05) is 16.8 Å². The highest BCUT2D eigenvalue weighted by Crippen LogP contribution is 2.37. The van der Waals surface area contributed by atoms with Crippen molar-refractivity contribution in [3.63, 3.8) is 0 Å². The first kappa shape index (κ1) is 17.0. The van der Waals surface area contributed by atoms with Crippen molar-refractivity contribution in [2.75, 3.05) is 11.1 Å². The number of nitrogen functional groups attached to an aromatic ring is 1. The molecule has 0 fully saturated rings. The van der Waals surface area contributed by atoms with Gasteiger partial charge in [0.15, 0.2) is 0 Å². The van der Waals surface area contributed by atoms with Gasteiger partial charge in [-0.15, -0.1) is 11.3 Å². The van der Waals surface area contributed by atoms with Crippen molar-refractivity contribution in [2.24, 2.45) is 5.92 Å². The average molecular weight is 366 g/mol. The number of hydrogen-bond donors (Lipinski definition) is 2. The molecule has 3 aromatic rings. The molecule has 0 spiro atoms. The number of aryl methyl sites for hydroxylation is 2. The maximum Gasteiger partial charge on any atom is 0.267 e. The van der Waals surface area contributed by atoms with E-state index in [4.69, 9.17) is 10.7 Å². The highest BCUT2D eigenvalue weighted by molar-refractivity contribution is 7.21. The molecule has 26 heavy (non-hydrogen) atoms. The van der Waals surface area contributed by atoms with Gasteiger partial charge in [-0.25, -0.2) is 4.98 Å². The van der Waals surface area contributed by atoms with Crippen molar-refractivity contribution in [1.29, 1.82) is 0 Å². The minimum atomic E-state index is -0.163. The van der Waals surface area contributed by atoms with Crippen LogP contribution in [0.25, 0.3) is 10.2 Å². The Hall–Kier alpha value is -2.40. The van der Waals surface area contributed by atoms with Crippen molar-refractivity contribution in [3.05, 3.63) is 52.0 Å². The molecule has 2 aromatic heterocycles. The Morgan fingerprint density at radius 3 is 2.96 bits per heavy atom. The summed E-state index contributed by atoms with van der Waals surface area (Å²) in [6.45, 7) is 4.22. The maximum atomic E-state index is 12.8. The number of fused-ring (bicyclic) bond motifs is 2. The number of para-hydroxylation sites is 1. The number of hydrogen-bond acceptors (Lipinski definition) is 4. The molecule has 0 radical (unpaired) electrons. The minimum absolute atomic E-state index is 0.163. The van der Waals surface area contributed by atoms with Crippen molar-refractivity contribution < 1.29 is 4.79 Å². The standard InChI is InChI=1S/C21H23N3OS/c1-3-13-8-9-17-14(10-13)11-15-18(22)19(26-21(15)24-17)20(25)23-16-7-5-4-6-12(16)2/h4-7,11,13H,3,8-10,22H2,1-2H3,(H,23,25). The lowest BCUT2D eigenvalue weighted by atomic mass is 9.85. The number of rotatable bonds is 3. The molecule has 1 aliphatic rings. The summed E-state index contributed by atoms with van der Waals surface area (Å²) in [5.41, 5.74) is 11.2. The Kier molecular flexibility index (Phi) is 4.41. The second-order valence-corrected chi connectivity index (χ2v) is 8.08. The van der Waals surface area contributed by atoms with Crippen molar-refractivity contribution >= 4 is 38.8 Å². The van der Waals surface area contributed by atoms with Crippen molar-refractivity contribution in [2.45, 2.75) is 39.5 Å². The molecule has 5 heteroatoms. The highest BCUT2D eigenvalue weighted by atomic mass is 32.1. The van der Waals surface area contributed by atoms with E-state index in [1.807, 2.05) is 31.2 Å². The van der Waals surface area contributed by atoms with E-state index in [2.05, 4.69) is 18.3 Å². The Morgan fingerprint density at radius 2 is 2.19 bits per heavy atom. The van der Waals surface area contributed by atoms with Crippen LogP contribution < -0.4 is 11.1 Å². The molecule has 1 aliphatic carbocycles. The number of aromatic nitrogens is 1. The predicted octanol–water partition coefficient (Wildman–Crippen LogP) is 4.95. The van der Waals surface area contributed by atoms with Gasteiger partial charge in [0.2, 0.25) is 0 Å². The number of pyridine rings is 1. The van der Waals surface area contributed by atoms with E-state index in [9.17, 15) is 4.79 Å². The summed E-state index contributed by atoms with van der Waals surface area (Å²) in [5, 5.41) is 3.89. The van der Waals surface area contributed by atoms with Gasteiger partial charge in [-0.2, -0.15) is 0 Å². The van der Waals surface area contributed by atoms with Gasteiger partial charge in [-0.1, -0.05) is 31.5 Å². The molecule has 1 atom stereocenters. The number of nitrogens with one attached hydrogen (secondary N) is 1. The van der Waals surface area contributed by atoms with Crippen LogP contribution in [0.15, 0.2) is 30.3 Å². The normalized spacial score (nSPS) is 16.5. The molecule has 1 aromatic carbocycles. The number of carbonyl (C=O) groups is 1. The number of nitrogens with zero attached hydrogens (tertiary/aromatic N) is 1. The van der Waals surface area contributed by atoms with E-state index in [0.29, 0.717) is 10.6 Å². The maximum absolute atomic E-state index is 12.8. The van der Waals surface area contributed by atoms with Crippen LogP contribution in [0.2, 0.25) is 0 Å². The third-order valence-corrected chi connectivity index (χ3v) is 6.48. The Bertz CT molecular complexity index is 992. The number of amides is 1. The zero-order valence-corrected chi connectivity index (χ0v) is 16.0. The molecule has 0 aliphatic heterocycles. The number of carbonyl (C=O) groups excluding carboxylic acids is 1. The van der Waals surface area contributed by atoms with E-state index in [-0.39, 0.29) is 5.91 Å². The number of benzene rings is 1. The number of thiophene rings is 1. The van der Waals surface area contributed by atoms with Crippen molar-refractivity contribution in [1.82, 2.24) is 4.98 Å². The van der Waals surface area contributed by atoms with E-state index in [1.165, 1.54) is 35.4 Å². The molecule has 0 bridgehead atoms. The molecular weight excluding hydrogens is 342 g/mol. The quantitative estimate of drug-likeness (QED) is 0.690. The van der Waals surface area contributed by atoms with E-state index >= 15 is 0 Å². The Labute approximate surface area is 157 Å². The smallest absolute Gasteiger partial charge is 0.267 e. The van der Waals surface area contributed by atoms with E-state index < -0.39 is 0 Å². The molecular formula is C21H23N3OS. The summed E-state index contributed by atoms with van der Waals surface area (Å²) >= 11 is 1.39. The monoisotopic (exact) mass is 365 g/mol. The van der Waals surface area contributed by atoms with Crippen LogP contribution >= 0.6 is 11.3 Å². The molecule has 0 saturated heterocycles. The fourth-order valence-electron chi connectivity index (χ4n) is 3.68. The van der Waals surface area contributed by atoms with Crippen LogP contribution in [0, 0.1) is 12.8 Å². The summed E-state index contributed by atoms with van der Waals surface area (Å²) in [4.78, 5) is 19.0. The molecule has 3 N–H and O–H groups in total. The van der Waals surface area contributed by atoms with Gasteiger partial charge in [0.05, 0.1) is 5.69 Å². The molecule has 2 heterocycles.